The van der Waals surface area contributed by atoms with Crippen molar-refractivity contribution in [1.82, 2.24) is 4.98 Å². The minimum absolute atomic E-state index is 0.171. The number of nitrogens with zero attached hydrogens (tertiary/aromatic N) is 1. The van der Waals surface area contributed by atoms with Crippen LogP contribution < -0.4 is 4.74 Å². The highest BCUT2D eigenvalue weighted by Gasteiger charge is 2.62. The van der Waals surface area contributed by atoms with E-state index in [1.54, 1.807) is 44.2 Å². The number of aromatic nitrogens is 1. The molecule has 0 radical (unpaired) electrons. The predicted molar refractivity (Wildman–Crippen MR) is 96.6 cm³/mol. The number of hydrogen-bond donors (Lipinski definition) is 0. The number of benzene rings is 1. The monoisotopic (exact) mass is 409 g/mol. The maximum Gasteiger partial charge on any atom is 0.442 e. The van der Waals surface area contributed by atoms with Crippen LogP contribution in [0, 0.1) is 17.3 Å². The summed E-state index contributed by atoms with van der Waals surface area (Å²) in [5, 5.41) is 0. The van der Waals surface area contributed by atoms with Gasteiger partial charge in [0.25, 0.3) is 0 Å². The van der Waals surface area contributed by atoms with Crippen LogP contribution >= 0.6 is 0 Å². The van der Waals surface area contributed by atoms with Gasteiger partial charge in [-0.15, -0.1) is 0 Å². The van der Waals surface area contributed by atoms with Crippen molar-refractivity contribution in [1.29, 1.82) is 0 Å². The largest absolute Gasteiger partial charge is 0.459 e. The SMILES string of the molecule is CC1(C)[C@@H](C=C(F)C(F)(F)F)[C@@H]1C(=O)OCc1cccc(Oc2ccccc2)n1. The number of allylic oxidation sites excluding steroid dienone is 2. The number of rotatable bonds is 6. The van der Waals surface area contributed by atoms with Crippen LogP contribution in [0.2, 0.25) is 0 Å². The lowest BCUT2D eigenvalue weighted by atomic mass is 10.1. The lowest BCUT2D eigenvalue weighted by molar-refractivity contribution is -0.147. The number of carbonyl (C=O) groups is 1. The Balaban J connectivity index is 1.60. The third-order valence-electron chi connectivity index (χ3n) is 4.87. The van der Waals surface area contributed by atoms with E-state index in [-0.39, 0.29) is 6.61 Å². The smallest absolute Gasteiger partial charge is 0.442 e. The van der Waals surface area contributed by atoms with Crippen LogP contribution in [0.4, 0.5) is 17.6 Å². The molecule has 1 aliphatic carbocycles. The van der Waals surface area contributed by atoms with Crippen LogP contribution in [0.3, 0.4) is 0 Å². The zero-order valence-electron chi connectivity index (χ0n) is 15.7. The zero-order valence-corrected chi connectivity index (χ0v) is 15.7. The van der Waals surface area contributed by atoms with Gasteiger partial charge in [0, 0.05) is 6.07 Å². The van der Waals surface area contributed by atoms with Gasteiger partial charge in [-0.25, -0.2) is 9.37 Å². The molecule has 29 heavy (non-hydrogen) atoms. The molecule has 0 unspecified atom stereocenters. The highest BCUT2D eigenvalue weighted by Crippen LogP contribution is 2.60. The van der Waals surface area contributed by atoms with Gasteiger partial charge in [-0.3, -0.25) is 4.79 Å². The van der Waals surface area contributed by atoms with Crippen LogP contribution in [0.1, 0.15) is 19.5 Å². The molecule has 154 valence electrons. The van der Waals surface area contributed by atoms with Gasteiger partial charge in [-0.05, 0) is 35.6 Å². The second-order valence-electron chi connectivity index (χ2n) is 7.33. The molecule has 0 N–H and O–H groups in total. The third kappa shape index (κ3) is 4.93. The van der Waals surface area contributed by atoms with Gasteiger partial charge in [0.2, 0.25) is 5.88 Å². The number of ether oxygens (including phenoxy) is 2. The van der Waals surface area contributed by atoms with Crippen LogP contribution in [-0.4, -0.2) is 17.1 Å². The highest BCUT2D eigenvalue weighted by atomic mass is 19.4. The second kappa shape index (κ2) is 7.85. The van der Waals surface area contributed by atoms with E-state index in [1.165, 1.54) is 0 Å². The average molecular weight is 409 g/mol. The summed E-state index contributed by atoms with van der Waals surface area (Å²) in [6.45, 7) is 3.02. The molecule has 0 bridgehead atoms. The second-order valence-corrected chi connectivity index (χ2v) is 7.33. The molecule has 1 fully saturated rings. The fraction of sp³-hybridized carbons (Fsp3) is 0.333. The molecule has 1 aromatic heterocycles. The van der Waals surface area contributed by atoms with Crippen LogP contribution in [0.15, 0.2) is 60.4 Å². The van der Waals surface area contributed by atoms with Gasteiger partial charge in [0.05, 0.1) is 11.6 Å². The van der Waals surface area contributed by atoms with Crippen LogP contribution in [0.25, 0.3) is 0 Å². The minimum atomic E-state index is -5.06. The van der Waals surface area contributed by atoms with E-state index in [4.69, 9.17) is 9.47 Å². The minimum Gasteiger partial charge on any atom is -0.459 e. The Kier molecular flexibility index (Phi) is 5.64. The van der Waals surface area contributed by atoms with Crippen LogP contribution in [-0.2, 0) is 16.1 Å². The summed E-state index contributed by atoms with van der Waals surface area (Å²) in [7, 11) is 0. The van der Waals surface area contributed by atoms with Gasteiger partial charge in [-0.1, -0.05) is 38.1 Å². The van der Waals surface area contributed by atoms with E-state index >= 15 is 0 Å². The van der Waals surface area contributed by atoms with Crippen molar-refractivity contribution in [2.24, 2.45) is 17.3 Å². The third-order valence-corrected chi connectivity index (χ3v) is 4.87. The Morgan fingerprint density at radius 2 is 1.83 bits per heavy atom. The molecule has 0 aliphatic heterocycles. The van der Waals surface area contributed by atoms with Gasteiger partial charge >= 0.3 is 12.1 Å². The highest BCUT2D eigenvalue weighted by molar-refractivity contribution is 5.78. The lowest BCUT2D eigenvalue weighted by Gasteiger charge is -2.08. The first kappa shape index (κ1) is 20.8. The van der Waals surface area contributed by atoms with Gasteiger partial charge in [0.15, 0.2) is 5.83 Å². The van der Waals surface area contributed by atoms with Gasteiger partial charge < -0.3 is 9.47 Å². The topological polar surface area (TPSA) is 48.4 Å². The van der Waals surface area contributed by atoms with Gasteiger partial charge in [0.1, 0.15) is 12.4 Å². The summed E-state index contributed by atoms with van der Waals surface area (Å²) in [5.41, 5.74) is -0.399. The maximum atomic E-state index is 13.2. The molecule has 1 aliphatic rings. The summed E-state index contributed by atoms with van der Waals surface area (Å²) >= 11 is 0. The Labute approximate surface area is 165 Å². The Bertz CT molecular complexity index is 910. The standard InChI is InChI=1S/C21H19F4NO3/c1-20(2)15(11-16(22)21(23,24)25)18(20)19(27)28-12-13-7-6-10-17(26-13)29-14-8-4-3-5-9-14/h3-11,15,18H,12H2,1-2H3/t15-,18+/m0/s1. The van der Waals surface area contributed by atoms with E-state index < -0.39 is 35.2 Å². The molecule has 8 heteroatoms. The number of hydrogen-bond acceptors (Lipinski definition) is 4. The first-order chi connectivity index (χ1) is 13.6. The van der Waals surface area contributed by atoms with E-state index in [9.17, 15) is 22.4 Å². The van der Waals surface area contributed by atoms with E-state index in [0.717, 1.165) is 0 Å². The molecule has 0 spiro atoms. The molecule has 2 aromatic rings. The Hall–Kier alpha value is -2.90. The number of pyridine rings is 1. The van der Waals surface area contributed by atoms with Crippen molar-refractivity contribution in [2.75, 3.05) is 0 Å². The molecule has 4 nitrogen and oxygen atoms in total. The maximum absolute atomic E-state index is 13.2. The number of halogens is 4. The Morgan fingerprint density at radius 3 is 2.48 bits per heavy atom. The first-order valence-electron chi connectivity index (χ1n) is 8.89. The molecule has 0 saturated heterocycles. The van der Waals surface area contributed by atoms with Crippen molar-refractivity contribution in [3.8, 4) is 11.6 Å². The summed E-state index contributed by atoms with van der Waals surface area (Å²) in [6, 6.07) is 13.9. The molecule has 1 aromatic carbocycles. The lowest BCUT2D eigenvalue weighted by Crippen LogP contribution is -2.11. The van der Waals surface area contributed by atoms with Crippen molar-refractivity contribution in [3.05, 3.63) is 66.1 Å². The number of esters is 1. The molecule has 1 heterocycles. The fourth-order valence-corrected chi connectivity index (χ4v) is 3.13. The molecule has 1 saturated carbocycles. The Morgan fingerprint density at radius 1 is 1.14 bits per heavy atom. The van der Waals surface area contributed by atoms with E-state index in [2.05, 4.69) is 4.98 Å². The summed E-state index contributed by atoms with van der Waals surface area (Å²) in [4.78, 5) is 16.5. The summed E-state index contributed by atoms with van der Waals surface area (Å²) < 4.78 is 61.2. The quantitative estimate of drug-likeness (QED) is 0.460. The van der Waals surface area contributed by atoms with E-state index in [0.29, 0.717) is 23.4 Å². The molecule has 0 amide bonds. The first-order valence-corrected chi connectivity index (χ1v) is 8.89. The number of carbonyl (C=O) groups excluding carboxylic acids is 1. The zero-order chi connectivity index (χ0) is 21.2. The number of para-hydroxylation sites is 1. The molecule has 3 rings (SSSR count). The molecular weight excluding hydrogens is 390 g/mol. The fourth-order valence-electron chi connectivity index (χ4n) is 3.13. The summed E-state index contributed by atoms with van der Waals surface area (Å²) in [6.07, 6.45) is -4.60. The van der Waals surface area contributed by atoms with Crippen molar-refractivity contribution in [3.63, 3.8) is 0 Å². The van der Waals surface area contributed by atoms with Crippen molar-refractivity contribution >= 4 is 5.97 Å². The average Bonchev–Trinajstić information content (AvgIpc) is 3.20. The van der Waals surface area contributed by atoms with Crippen LogP contribution in [0.5, 0.6) is 11.6 Å². The molecule has 2 atom stereocenters. The normalized spacial score (nSPS) is 20.8. The van der Waals surface area contributed by atoms with Crippen molar-refractivity contribution in [2.45, 2.75) is 26.6 Å². The predicted octanol–water partition coefficient (Wildman–Crippen LogP) is 5.61. The van der Waals surface area contributed by atoms with Crippen molar-refractivity contribution < 1.29 is 31.8 Å². The van der Waals surface area contributed by atoms with E-state index in [1.807, 2.05) is 18.2 Å². The molecular formula is C21H19F4NO3. The number of alkyl halides is 3. The summed E-state index contributed by atoms with van der Waals surface area (Å²) in [5.74, 6) is -3.71. The van der Waals surface area contributed by atoms with Gasteiger partial charge in [-0.2, -0.15) is 13.2 Å².